The molecule has 1 atom stereocenters. The summed E-state index contributed by atoms with van der Waals surface area (Å²) < 4.78 is 0. The van der Waals surface area contributed by atoms with Crippen LogP contribution in [0.5, 0.6) is 0 Å². The van der Waals surface area contributed by atoms with E-state index in [4.69, 9.17) is 4.98 Å². The molecule has 0 radical (unpaired) electrons. The number of benzene rings is 2. The number of nitrogens with zero attached hydrogens (tertiary/aromatic N) is 1. The summed E-state index contributed by atoms with van der Waals surface area (Å²) in [4.78, 5) is 18.9. The van der Waals surface area contributed by atoms with Gasteiger partial charge in [0.25, 0.3) is 5.91 Å². The smallest absolute Gasteiger partial charge is 0.252 e. The zero-order chi connectivity index (χ0) is 23.0. The second kappa shape index (κ2) is 11.4. The maximum Gasteiger partial charge on any atom is 0.252 e. The van der Waals surface area contributed by atoms with Crippen LogP contribution in [0.4, 0.5) is 0 Å². The zero-order valence-corrected chi connectivity index (χ0v) is 20.1. The van der Waals surface area contributed by atoms with Crippen LogP contribution in [0.15, 0.2) is 54.6 Å². The molecule has 1 aromatic heterocycles. The van der Waals surface area contributed by atoms with Crippen molar-refractivity contribution in [1.29, 1.82) is 0 Å². The third-order valence-corrected chi connectivity index (χ3v) is 6.99. The van der Waals surface area contributed by atoms with Gasteiger partial charge in [-0.2, -0.15) is 0 Å². The van der Waals surface area contributed by atoms with Crippen molar-refractivity contribution >= 4 is 16.8 Å². The van der Waals surface area contributed by atoms with Crippen molar-refractivity contribution in [2.45, 2.75) is 71.4 Å². The van der Waals surface area contributed by atoms with Crippen LogP contribution in [-0.4, -0.2) is 23.5 Å². The van der Waals surface area contributed by atoms with Crippen molar-refractivity contribution in [2.24, 2.45) is 5.92 Å². The zero-order valence-electron chi connectivity index (χ0n) is 20.1. The van der Waals surface area contributed by atoms with E-state index in [9.17, 15) is 4.79 Å². The Hall–Kier alpha value is -2.72. The SMILES string of the molecule is CCCCNCc1c(-c2ccccc2)nc2ccccc2c1C(=O)N[C@@H](C)C1CCCCC1. The van der Waals surface area contributed by atoms with Gasteiger partial charge >= 0.3 is 0 Å². The van der Waals surface area contributed by atoms with Gasteiger partial charge in [-0.05, 0) is 44.7 Å². The van der Waals surface area contributed by atoms with Gasteiger partial charge in [-0.25, -0.2) is 4.98 Å². The van der Waals surface area contributed by atoms with Gasteiger partial charge in [-0.15, -0.1) is 0 Å². The van der Waals surface area contributed by atoms with E-state index in [-0.39, 0.29) is 11.9 Å². The molecule has 0 aliphatic heterocycles. The van der Waals surface area contributed by atoms with Gasteiger partial charge in [-0.1, -0.05) is 81.1 Å². The minimum Gasteiger partial charge on any atom is -0.349 e. The minimum atomic E-state index is 0.0242. The third-order valence-electron chi connectivity index (χ3n) is 6.99. The Kier molecular flexibility index (Phi) is 8.11. The summed E-state index contributed by atoms with van der Waals surface area (Å²) >= 11 is 0. The predicted octanol–water partition coefficient (Wildman–Crippen LogP) is 6.49. The molecule has 0 bridgehead atoms. The van der Waals surface area contributed by atoms with E-state index in [1.807, 2.05) is 42.5 Å². The van der Waals surface area contributed by atoms with Crippen LogP contribution >= 0.6 is 0 Å². The van der Waals surface area contributed by atoms with Crippen LogP contribution in [0.25, 0.3) is 22.2 Å². The largest absolute Gasteiger partial charge is 0.349 e. The van der Waals surface area contributed by atoms with E-state index in [0.717, 1.165) is 52.7 Å². The number of amides is 1. The number of nitrogens with one attached hydrogen (secondary N) is 2. The molecule has 2 aromatic carbocycles. The fourth-order valence-corrected chi connectivity index (χ4v) is 5.06. The molecular weight excluding hydrogens is 406 g/mol. The van der Waals surface area contributed by atoms with Gasteiger partial charge in [0.1, 0.15) is 0 Å². The summed E-state index contributed by atoms with van der Waals surface area (Å²) in [7, 11) is 0. The molecule has 0 spiro atoms. The normalized spacial score (nSPS) is 15.5. The number of aromatic nitrogens is 1. The lowest BCUT2D eigenvalue weighted by Crippen LogP contribution is -2.39. The van der Waals surface area contributed by atoms with E-state index in [1.54, 1.807) is 0 Å². The molecule has 2 N–H and O–H groups in total. The molecule has 3 aromatic rings. The summed E-state index contributed by atoms with van der Waals surface area (Å²) in [5.74, 6) is 0.590. The van der Waals surface area contributed by atoms with E-state index in [0.29, 0.717) is 12.5 Å². The second-order valence-corrected chi connectivity index (χ2v) is 9.39. The van der Waals surface area contributed by atoms with Crippen molar-refractivity contribution in [1.82, 2.24) is 15.6 Å². The van der Waals surface area contributed by atoms with Crippen LogP contribution in [0, 0.1) is 5.92 Å². The Morgan fingerprint density at radius 3 is 2.52 bits per heavy atom. The van der Waals surface area contributed by atoms with Gasteiger partial charge in [0.05, 0.1) is 16.8 Å². The number of rotatable bonds is 9. The average Bonchev–Trinajstić information content (AvgIpc) is 2.87. The predicted molar refractivity (Wildman–Crippen MR) is 137 cm³/mol. The Balaban J connectivity index is 1.76. The molecule has 4 rings (SSSR count). The van der Waals surface area contributed by atoms with Gasteiger partial charge < -0.3 is 10.6 Å². The molecule has 4 heteroatoms. The maximum atomic E-state index is 13.8. The molecule has 0 saturated heterocycles. The summed E-state index contributed by atoms with van der Waals surface area (Å²) in [6.07, 6.45) is 8.53. The summed E-state index contributed by atoms with van der Waals surface area (Å²) in [6.45, 7) is 5.93. The van der Waals surface area contributed by atoms with Crippen LogP contribution in [0.2, 0.25) is 0 Å². The maximum absolute atomic E-state index is 13.8. The molecule has 33 heavy (non-hydrogen) atoms. The van der Waals surface area contributed by atoms with Gasteiger partial charge in [0.15, 0.2) is 0 Å². The number of unbranched alkanes of at least 4 members (excludes halogenated alkanes) is 1. The quantitative estimate of drug-likeness (QED) is 0.372. The van der Waals surface area contributed by atoms with Crippen LogP contribution in [0.3, 0.4) is 0 Å². The van der Waals surface area contributed by atoms with Crippen LogP contribution in [-0.2, 0) is 6.54 Å². The average molecular weight is 444 g/mol. The molecule has 1 fully saturated rings. The van der Waals surface area contributed by atoms with Crippen molar-refractivity contribution in [3.63, 3.8) is 0 Å². The fraction of sp³-hybridized carbons (Fsp3) is 0.448. The number of hydrogen-bond acceptors (Lipinski definition) is 3. The Bertz CT molecular complexity index is 1060. The van der Waals surface area contributed by atoms with Crippen molar-refractivity contribution in [3.05, 3.63) is 65.7 Å². The van der Waals surface area contributed by atoms with Gasteiger partial charge in [0, 0.05) is 29.1 Å². The Labute approximate surface area is 198 Å². The first kappa shape index (κ1) is 23.4. The lowest BCUT2D eigenvalue weighted by atomic mass is 9.84. The molecular formula is C29H37N3O. The highest BCUT2D eigenvalue weighted by molar-refractivity contribution is 6.09. The Morgan fingerprint density at radius 1 is 1.03 bits per heavy atom. The third kappa shape index (κ3) is 5.62. The van der Waals surface area contributed by atoms with Crippen molar-refractivity contribution in [2.75, 3.05) is 6.54 Å². The molecule has 174 valence electrons. The monoisotopic (exact) mass is 443 g/mol. The van der Waals surface area contributed by atoms with E-state index >= 15 is 0 Å². The number of carbonyl (C=O) groups excluding carboxylic acids is 1. The number of carbonyl (C=O) groups is 1. The molecule has 1 saturated carbocycles. The first-order valence-corrected chi connectivity index (χ1v) is 12.7. The number of pyridine rings is 1. The highest BCUT2D eigenvalue weighted by Crippen LogP contribution is 2.31. The number of para-hydroxylation sites is 1. The summed E-state index contributed by atoms with van der Waals surface area (Å²) in [5.41, 5.74) is 4.57. The van der Waals surface area contributed by atoms with Crippen molar-refractivity contribution < 1.29 is 4.79 Å². The Morgan fingerprint density at radius 2 is 1.76 bits per heavy atom. The fourth-order valence-electron chi connectivity index (χ4n) is 5.06. The molecule has 0 unspecified atom stereocenters. The lowest BCUT2D eigenvalue weighted by Gasteiger charge is -2.29. The lowest BCUT2D eigenvalue weighted by molar-refractivity contribution is 0.0920. The van der Waals surface area contributed by atoms with E-state index in [1.165, 1.54) is 32.1 Å². The number of hydrogen-bond donors (Lipinski definition) is 2. The van der Waals surface area contributed by atoms with E-state index in [2.05, 4.69) is 36.6 Å². The highest BCUT2D eigenvalue weighted by atomic mass is 16.1. The molecule has 1 aliphatic carbocycles. The second-order valence-electron chi connectivity index (χ2n) is 9.39. The first-order chi connectivity index (χ1) is 16.2. The molecule has 1 amide bonds. The summed E-state index contributed by atoms with van der Waals surface area (Å²) in [6, 6.07) is 18.5. The minimum absolute atomic E-state index is 0.0242. The molecule has 1 heterocycles. The van der Waals surface area contributed by atoms with Crippen molar-refractivity contribution in [3.8, 4) is 11.3 Å². The molecule has 4 nitrogen and oxygen atoms in total. The first-order valence-electron chi connectivity index (χ1n) is 12.7. The van der Waals surface area contributed by atoms with Gasteiger partial charge in [0.2, 0.25) is 0 Å². The van der Waals surface area contributed by atoms with E-state index < -0.39 is 0 Å². The standard InChI is InChI=1S/C29H37N3O/c1-3-4-19-30-20-25-27(29(33)31-21(2)22-13-7-5-8-14-22)24-17-11-12-18-26(24)32-28(25)23-15-9-6-10-16-23/h6,9-12,15-18,21-22,30H,3-5,7-8,13-14,19-20H2,1-2H3,(H,31,33)/t21-/m0/s1. The topological polar surface area (TPSA) is 54.0 Å². The van der Waals surface area contributed by atoms with Gasteiger partial charge in [-0.3, -0.25) is 4.79 Å². The number of fused-ring (bicyclic) bond motifs is 1. The van der Waals surface area contributed by atoms with Crippen LogP contribution < -0.4 is 10.6 Å². The highest BCUT2D eigenvalue weighted by Gasteiger charge is 2.26. The molecule has 1 aliphatic rings. The van der Waals surface area contributed by atoms with Crippen LogP contribution in [0.1, 0.15) is 74.7 Å². The summed E-state index contributed by atoms with van der Waals surface area (Å²) in [5, 5.41) is 7.88.